The summed E-state index contributed by atoms with van der Waals surface area (Å²) in [5, 5.41) is 14.2. The summed E-state index contributed by atoms with van der Waals surface area (Å²) in [5.41, 5.74) is 4.15. The van der Waals surface area contributed by atoms with E-state index in [1.807, 2.05) is 6.07 Å². The van der Waals surface area contributed by atoms with Crippen LogP contribution in [0.15, 0.2) is 48.5 Å². The molecule has 2 aromatic rings. The van der Waals surface area contributed by atoms with Crippen LogP contribution in [0, 0.1) is 5.92 Å². The van der Waals surface area contributed by atoms with Crippen LogP contribution in [-0.4, -0.2) is 23.8 Å². The van der Waals surface area contributed by atoms with Gasteiger partial charge in [-0.05, 0) is 67.3 Å². The Kier molecular flexibility index (Phi) is 4.95. The third kappa shape index (κ3) is 3.05. The van der Waals surface area contributed by atoms with Crippen molar-refractivity contribution in [2.24, 2.45) is 5.92 Å². The maximum Gasteiger partial charge on any atom is 0.123 e. The zero-order valence-electron chi connectivity index (χ0n) is 15.6. The van der Waals surface area contributed by atoms with Gasteiger partial charge in [0, 0.05) is 11.5 Å². The number of piperidine rings is 1. The summed E-state index contributed by atoms with van der Waals surface area (Å²) in [7, 11) is 0. The smallest absolute Gasteiger partial charge is 0.123 e. The minimum absolute atomic E-state index is 0. The molecule has 3 nitrogen and oxygen atoms in total. The predicted molar refractivity (Wildman–Crippen MR) is 105 cm³/mol. The first kappa shape index (κ1) is 18.5. The second-order valence-electron chi connectivity index (χ2n) is 8.27. The minimum atomic E-state index is -0.162. The van der Waals surface area contributed by atoms with Crippen LogP contribution >= 0.6 is 0 Å². The number of benzene rings is 2. The summed E-state index contributed by atoms with van der Waals surface area (Å²) in [6.45, 7) is 1.66. The fourth-order valence-corrected chi connectivity index (χ4v) is 5.81. The largest absolute Gasteiger partial charge is 0.489 e. The van der Waals surface area contributed by atoms with Crippen LogP contribution in [0.2, 0.25) is 0 Å². The number of fused-ring (bicyclic) bond motifs is 1. The lowest BCUT2D eigenvalue weighted by molar-refractivity contribution is 0.00330. The fourth-order valence-electron chi connectivity index (χ4n) is 5.81. The van der Waals surface area contributed by atoms with E-state index in [-0.39, 0.29) is 16.2 Å². The Morgan fingerprint density at radius 3 is 2.78 bits per heavy atom. The molecule has 0 amide bonds. The van der Waals surface area contributed by atoms with E-state index >= 15 is 0 Å². The number of halogens is 1. The Morgan fingerprint density at radius 2 is 1.93 bits per heavy atom. The third-order valence-electron chi connectivity index (χ3n) is 6.91. The molecule has 2 N–H and O–H groups in total. The average molecular weight is 369 g/mol. The molecule has 2 bridgehead atoms. The lowest BCUT2D eigenvalue weighted by atomic mass is 9.52. The molecule has 3 aliphatic rings. The Morgan fingerprint density at radius 1 is 1.07 bits per heavy atom. The summed E-state index contributed by atoms with van der Waals surface area (Å²) in [6, 6.07) is 17.5. The standard InChI is InChI=1S/C23H27NO2.FH/c25-17-9-10-20-21-13-18-19(23(20,14-17)11-12-24-21)7-4-8-22(18)26-15-16-5-2-1-3-6-16;/h1-8,17,20-21,24-25H,9-15H2;1H/t17?,20-,21+,23+;/m0./s1. The number of aliphatic hydroxyl groups is 1. The van der Waals surface area contributed by atoms with E-state index in [0.717, 1.165) is 44.4 Å². The van der Waals surface area contributed by atoms with E-state index in [4.69, 9.17) is 4.74 Å². The zero-order chi connectivity index (χ0) is 17.6. The van der Waals surface area contributed by atoms with Gasteiger partial charge >= 0.3 is 0 Å². The molecular formula is C23H28FNO2. The van der Waals surface area contributed by atoms with Crippen LogP contribution in [0.25, 0.3) is 0 Å². The number of nitrogens with one attached hydrogen (secondary N) is 1. The molecule has 27 heavy (non-hydrogen) atoms. The van der Waals surface area contributed by atoms with E-state index in [1.54, 1.807) is 0 Å². The van der Waals surface area contributed by atoms with E-state index < -0.39 is 0 Å². The topological polar surface area (TPSA) is 41.5 Å². The molecule has 0 aromatic heterocycles. The highest BCUT2D eigenvalue weighted by molar-refractivity contribution is 5.49. The van der Waals surface area contributed by atoms with Gasteiger partial charge in [-0.15, -0.1) is 0 Å². The fraction of sp³-hybridized carbons (Fsp3) is 0.478. The van der Waals surface area contributed by atoms with Crippen molar-refractivity contribution in [3.05, 3.63) is 65.2 Å². The van der Waals surface area contributed by atoms with Crippen LogP contribution < -0.4 is 10.1 Å². The summed E-state index contributed by atoms with van der Waals surface area (Å²) < 4.78 is 6.27. The molecule has 1 saturated heterocycles. The Bertz CT molecular complexity index is 796. The van der Waals surface area contributed by atoms with Crippen molar-refractivity contribution >= 4 is 0 Å². The summed E-state index contributed by atoms with van der Waals surface area (Å²) in [5.74, 6) is 1.68. The van der Waals surface area contributed by atoms with Gasteiger partial charge in [0.1, 0.15) is 12.4 Å². The molecule has 2 fully saturated rings. The lowest BCUT2D eigenvalue weighted by Crippen LogP contribution is -2.61. The number of hydrogen-bond donors (Lipinski definition) is 2. The van der Waals surface area contributed by atoms with Gasteiger partial charge in [-0.3, -0.25) is 4.70 Å². The van der Waals surface area contributed by atoms with Crippen LogP contribution in [0.1, 0.15) is 42.4 Å². The highest BCUT2D eigenvalue weighted by atomic mass is 19.0. The first-order chi connectivity index (χ1) is 12.8. The van der Waals surface area contributed by atoms with E-state index in [2.05, 4.69) is 47.8 Å². The Balaban J connectivity index is 0.00000180. The summed E-state index contributed by atoms with van der Waals surface area (Å²) in [4.78, 5) is 0. The highest BCUT2D eigenvalue weighted by Gasteiger charge is 2.53. The van der Waals surface area contributed by atoms with Gasteiger partial charge in [0.05, 0.1) is 6.10 Å². The van der Waals surface area contributed by atoms with Crippen LogP contribution in [0.3, 0.4) is 0 Å². The number of ether oxygens (including phenoxy) is 1. The number of aliphatic hydroxyl groups excluding tert-OH is 1. The molecule has 4 atom stereocenters. The SMILES string of the molecule is F.OC1CC[C@H]2[C@H]3Cc4c(OCc5ccccc5)cccc4[C@@]2(CCN3)C1. The van der Waals surface area contributed by atoms with Crippen LogP contribution in [-0.2, 0) is 18.4 Å². The lowest BCUT2D eigenvalue weighted by Gasteiger charge is -2.56. The van der Waals surface area contributed by atoms with Crippen molar-refractivity contribution in [2.75, 3.05) is 6.54 Å². The van der Waals surface area contributed by atoms with Gasteiger partial charge in [-0.2, -0.15) is 0 Å². The molecule has 5 rings (SSSR count). The van der Waals surface area contributed by atoms with E-state index in [1.165, 1.54) is 16.7 Å². The molecule has 1 saturated carbocycles. The molecule has 1 aliphatic heterocycles. The highest BCUT2D eigenvalue weighted by Crippen LogP contribution is 2.55. The first-order valence-electron chi connectivity index (χ1n) is 9.97. The van der Waals surface area contributed by atoms with Crippen molar-refractivity contribution < 1.29 is 14.5 Å². The van der Waals surface area contributed by atoms with Gasteiger partial charge in [0.15, 0.2) is 0 Å². The second-order valence-corrected chi connectivity index (χ2v) is 8.27. The third-order valence-corrected chi connectivity index (χ3v) is 6.91. The van der Waals surface area contributed by atoms with Crippen molar-refractivity contribution in [1.29, 1.82) is 0 Å². The maximum atomic E-state index is 10.5. The monoisotopic (exact) mass is 369 g/mol. The molecule has 2 aromatic carbocycles. The molecule has 0 radical (unpaired) electrons. The quantitative estimate of drug-likeness (QED) is 0.866. The molecule has 144 valence electrons. The maximum absolute atomic E-state index is 10.5. The predicted octanol–water partition coefficient (Wildman–Crippen LogP) is 3.73. The summed E-state index contributed by atoms with van der Waals surface area (Å²) >= 11 is 0. The number of rotatable bonds is 3. The van der Waals surface area contributed by atoms with E-state index in [9.17, 15) is 5.11 Å². The van der Waals surface area contributed by atoms with Gasteiger partial charge in [-0.25, -0.2) is 0 Å². The van der Waals surface area contributed by atoms with Crippen molar-refractivity contribution in [3.63, 3.8) is 0 Å². The zero-order valence-corrected chi connectivity index (χ0v) is 15.6. The summed E-state index contributed by atoms with van der Waals surface area (Å²) in [6.07, 6.45) is 5.00. The minimum Gasteiger partial charge on any atom is -0.489 e. The van der Waals surface area contributed by atoms with Gasteiger partial charge in [0.2, 0.25) is 0 Å². The van der Waals surface area contributed by atoms with Crippen molar-refractivity contribution in [1.82, 2.24) is 5.32 Å². The Labute approximate surface area is 160 Å². The molecule has 2 aliphatic carbocycles. The molecule has 4 heteroatoms. The molecule has 1 heterocycles. The van der Waals surface area contributed by atoms with Crippen LogP contribution in [0.5, 0.6) is 5.75 Å². The molecule has 0 spiro atoms. The average Bonchev–Trinajstić information content (AvgIpc) is 2.67. The molecular weight excluding hydrogens is 341 g/mol. The van der Waals surface area contributed by atoms with Crippen molar-refractivity contribution in [3.8, 4) is 5.75 Å². The normalized spacial score (nSPS) is 31.2. The van der Waals surface area contributed by atoms with Gasteiger partial charge in [-0.1, -0.05) is 42.5 Å². The van der Waals surface area contributed by atoms with Crippen LogP contribution in [0.4, 0.5) is 4.70 Å². The number of hydrogen-bond acceptors (Lipinski definition) is 3. The van der Waals surface area contributed by atoms with E-state index in [0.29, 0.717) is 18.6 Å². The van der Waals surface area contributed by atoms with Gasteiger partial charge < -0.3 is 15.2 Å². The molecule has 1 unspecified atom stereocenters. The first-order valence-corrected chi connectivity index (χ1v) is 9.97. The van der Waals surface area contributed by atoms with Crippen molar-refractivity contribution in [2.45, 2.75) is 56.3 Å². The Hall–Kier alpha value is -1.91. The second kappa shape index (κ2) is 7.25. The van der Waals surface area contributed by atoms with Gasteiger partial charge in [0.25, 0.3) is 0 Å².